The predicted molar refractivity (Wildman–Crippen MR) is 84.2 cm³/mol. The number of methoxy groups -OCH3 is 1. The molecule has 1 aromatic rings. The van der Waals surface area contributed by atoms with Crippen LogP contribution in [0.15, 0.2) is 12.1 Å². The summed E-state index contributed by atoms with van der Waals surface area (Å²) < 4.78 is 10.8. The number of hydrogen-bond acceptors (Lipinski definition) is 4. The Morgan fingerprint density at radius 1 is 1.33 bits per heavy atom. The van der Waals surface area contributed by atoms with Crippen LogP contribution in [-0.2, 0) is 11.2 Å². The van der Waals surface area contributed by atoms with Crippen molar-refractivity contribution in [2.75, 3.05) is 33.4 Å². The van der Waals surface area contributed by atoms with Crippen LogP contribution in [0.2, 0.25) is 5.02 Å². The highest BCUT2D eigenvalue weighted by Crippen LogP contribution is 2.36. The Labute approximate surface area is 131 Å². The Bertz CT molecular complexity index is 476. The monoisotopic (exact) mass is 314 g/mol. The number of likely N-dealkylation sites (N-methyl/N-ethyl adjacent to an activating group) is 1. The van der Waals surface area contributed by atoms with Gasteiger partial charge in [0.05, 0.1) is 12.1 Å². The molecule has 0 radical (unpaired) electrons. The van der Waals surface area contributed by atoms with Gasteiger partial charge in [0.1, 0.15) is 0 Å². The Kier molecular flexibility index (Phi) is 7.32. The average molecular weight is 315 g/mol. The number of ether oxygens (including phenoxy) is 2. The third-order valence-corrected chi connectivity index (χ3v) is 3.46. The zero-order chi connectivity index (χ0) is 15.8. The molecule has 0 saturated carbocycles. The first-order valence-electron chi connectivity index (χ1n) is 7.04. The molecule has 0 aliphatic heterocycles. The summed E-state index contributed by atoms with van der Waals surface area (Å²) in [6.45, 7) is 5.62. The van der Waals surface area contributed by atoms with Crippen LogP contribution in [0.3, 0.4) is 0 Å². The fourth-order valence-corrected chi connectivity index (χ4v) is 2.31. The molecular weight excluding hydrogens is 292 g/mol. The topological polar surface area (TPSA) is 64.8 Å². The van der Waals surface area contributed by atoms with Gasteiger partial charge in [0, 0.05) is 13.1 Å². The Morgan fingerprint density at radius 3 is 2.52 bits per heavy atom. The van der Waals surface area contributed by atoms with E-state index in [1.807, 2.05) is 19.9 Å². The molecule has 5 nitrogen and oxygen atoms in total. The molecule has 0 heterocycles. The highest BCUT2D eigenvalue weighted by molar-refractivity contribution is 6.32. The number of halogens is 1. The third kappa shape index (κ3) is 4.79. The van der Waals surface area contributed by atoms with Gasteiger partial charge in [-0.05, 0) is 44.5 Å². The average Bonchev–Trinajstić information content (AvgIpc) is 2.47. The van der Waals surface area contributed by atoms with Gasteiger partial charge < -0.3 is 20.1 Å². The normalized spacial score (nSPS) is 10.3. The predicted octanol–water partition coefficient (Wildman–Crippen LogP) is 2.10. The molecule has 0 bridgehead atoms. The van der Waals surface area contributed by atoms with E-state index < -0.39 is 0 Å². The van der Waals surface area contributed by atoms with Crippen molar-refractivity contribution < 1.29 is 14.3 Å². The largest absolute Gasteiger partial charge is 0.493 e. The van der Waals surface area contributed by atoms with Crippen LogP contribution >= 0.6 is 11.6 Å². The fraction of sp³-hybridized carbons (Fsp3) is 0.533. The van der Waals surface area contributed by atoms with Gasteiger partial charge in [-0.3, -0.25) is 4.79 Å². The number of amides is 1. The summed E-state index contributed by atoms with van der Waals surface area (Å²) in [6, 6.07) is 3.62. The zero-order valence-corrected chi connectivity index (χ0v) is 13.6. The number of carbonyl (C=O) groups excluding carboxylic acids is 1. The molecule has 0 aromatic heterocycles. The molecule has 1 amide bonds. The van der Waals surface area contributed by atoms with E-state index in [-0.39, 0.29) is 12.5 Å². The standard InChI is InChI=1S/C15H23ClN2O3/c1-4-18(5-2)14(19)10-21-15-12(16)8-11(6-7-17)9-13(15)20-3/h8-9H,4-7,10,17H2,1-3H3. The molecular formula is C15H23ClN2O3. The van der Waals surface area contributed by atoms with E-state index >= 15 is 0 Å². The van der Waals surface area contributed by atoms with Gasteiger partial charge >= 0.3 is 0 Å². The first kappa shape index (κ1) is 17.6. The molecule has 0 atom stereocenters. The van der Waals surface area contributed by atoms with Crippen LogP contribution < -0.4 is 15.2 Å². The summed E-state index contributed by atoms with van der Waals surface area (Å²) in [5.41, 5.74) is 6.51. The molecule has 1 rings (SSSR count). The van der Waals surface area contributed by atoms with Crippen molar-refractivity contribution in [3.05, 3.63) is 22.7 Å². The second kappa shape index (κ2) is 8.74. The number of benzene rings is 1. The van der Waals surface area contributed by atoms with Crippen LogP contribution in [0.1, 0.15) is 19.4 Å². The van der Waals surface area contributed by atoms with E-state index in [2.05, 4.69) is 0 Å². The van der Waals surface area contributed by atoms with E-state index in [0.29, 0.717) is 42.6 Å². The van der Waals surface area contributed by atoms with E-state index in [1.165, 1.54) is 7.11 Å². The quantitative estimate of drug-likeness (QED) is 0.798. The highest BCUT2D eigenvalue weighted by atomic mass is 35.5. The third-order valence-electron chi connectivity index (χ3n) is 3.18. The minimum atomic E-state index is -0.0795. The molecule has 0 aliphatic carbocycles. The maximum atomic E-state index is 12.0. The minimum absolute atomic E-state index is 0.0615. The number of rotatable bonds is 8. The number of nitrogens with zero attached hydrogens (tertiary/aromatic N) is 1. The van der Waals surface area contributed by atoms with Crippen LogP contribution in [0.4, 0.5) is 0 Å². The van der Waals surface area contributed by atoms with Crippen molar-refractivity contribution in [1.82, 2.24) is 4.90 Å². The number of nitrogens with two attached hydrogens (primary N) is 1. The lowest BCUT2D eigenvalue weighted by atomic mass is 10.1. The molecule has 0 saturated heterocycles. The summed E-state index contributed by atoms with van der Waals surface area (Å²) in [5.74, 6) is 0.822. The molecule has 0 fully saturated rings. The summed E-state index contributed by atoms with van der Waals surface area (Å²) >= 11 is 6.21. The molecule has 21 heavy (non-hydrogen) atoms. The van der Waals surface area contributed by atoms with Crippen molar-refractivity contribution in [2.24, 2.45) is 5.73 Å². The Hall–Kier alpha value is -1.46. The highest BCUT2D eigenvalue weighted by Gasteiger charge is 2.15. The first-order chi connectivity index (χ1) is 10.1. The van der Waals surface area contributed by atoms with E-state index in [0.717, 1.165) is 5.56 Å². The number of hydrogen-bond donors (Lipinski definition) is 1. The molecule has 6 heteroatoms. The van der Waals surface area contributed by atoms with E-state index in [4.69, 9.17) is 26.8 Å². The van der Waals surface area contributed by atoms with Gasteiger partial charge in [0.15, 0.2) is 18.1 Å². The molecule has 0 spiro atoms. The lowest BCUT2D eigenvalue weighted by Gasteiger charge is -2.20. The van der Waals surface area contributed by atoms with Crippen LogP contribution in [0, 0.1) is 0 Å². The van der Waals surface area contributed by atoms with Crippen molar-refractivity contribution >= 4 is 17.5 Å². The lowest BCUT2D eigenvalue weighted by Crippen LogP contribution is -2.34. The lowest BCUT2D eigenvalue weighted by molar-refractivity contribution is -0.132. The first-order valence-corrected chi connectivity index (χ1v) is 7.42. The molecule has 0 aliphatic rings. The van der Waals surface area contributed by atoms with Gasteiger partial charge in [-0.1, -0.05) is 11.6 Å². The Morgan fingerprint density at radius 2 is 2.00 bits per heavy atom. The van der Waals surface area contributed by atoms with E-state index in [9.17, 15) is 4.79 Å². The van der Waals surface area contributed by atoms with Gasteiger partial charge in [0.25, 0.3) is 5.91 Å². The summed E-state index contributed by atoms with van der Waals surface area (Å²) in [5, 5.41) is 0.421. The zero-order valence-electron chi connectivity index (χ0n) is 12.8. The second-order valence-corrected chi connectivity index (χ2v) is 4.91. The van der Waals surface area contributed by atoms with Crippen LogP contribution in [-0.4, -0.2) is 44.2 Å². The van der Waals surface area contributed by atoms with Gasteiger partial charge in [0.2, 0.25) is 0 Å². The van der Waals surface area contributed by atoms with Crippen molar-refractivity contribution in [1.29, 1.82) is 0 Å². The van der Waals surface area contributed by atoms with Crippen LogP contribution in [0.5, 0.6) is 11.5 Å². The van der Waals surface area contributed by atoms with Gasteiger partial charge in [-0.25, -0.2) is 0 Å². The maximum Gasteiger partial charge on any atom is 0.260 e. The van der Waals surface area contributed by atoms with Gasteiger partial charge in [-0.15, -0.1) is 0 Å². The van der Waals surface area contributed by atoms with E-state index in [1.54, 1.807) is 11.0 Å². The van der Waals surface area contributed by atoms with Gasteiger partial charge in [-0.2, -0.15) is 0 Å². The molecule has 118 valence electrons. The smallest absolute Gasteiger partial charge is 0.260 e. The summed E-state index contributed by atoms with van der Waals surface area (Å²) in [6.07, 6.45) is 0.703. The summed E-state index contributed by atoms with van der Waals surface area (Å²) in [4.78, 5) is 13.7. The second-order valence-electron chi connectivity index (χ2n) is 4.50. The number of carbonyl (C=O) groups is 1. The SMILES string of the molecule is CCN(CC)C(=O)COc1c(Cl)cc(CCN)cc1OC. The molecule has 1 aromatic carbocycles. The maximum absolute atomic E-state index is 12.0. The minimum Gasteiger partial charge on any atom is -0.493 e. The molecule has 2 N–H and O–H groups in total. The Balaban J connectivity index is 2.85. The van der Waals surface area contributed by atoms with Crippen molar-refractivity contribution in [2.45, 2.75) is 20.3 Å². The van der Waals surface area contributed by atoms with Crippen molar-refractivity contribution in [3.8, 4) is 11.5 Å². The summed E-state index contributed by atoms with van der Waals surface area (Å²) in [7, 11) is 1.54. The van der Waals surface area contributed by atoms with Crippen molar-refractivity contribution in [3.63, 3.8) is 0 Å². The van der Waals surface area contributed by atoms with Crippen LogP contribution in [0.25, 0.3) is 0 Å². The molecule has 0 unspecified atom stereocenters. The fourth-order valence-electron chi connectivity index (χ4n) is 2.03.